The van der Waals surface area contributed by atoms with Crippen molar-refractivity contribution in [2.24, 2.45) is 5.92 Å². The Morgan fingerprint density at radius 1 is 1.67 bits per heavy atom. The number of nitrogens with one attached hydrogen (secondary N) is 1. The predicted octanol–water partition coefficient (Wildman–Crippen LogP) is 2.49. The van der Waals surface area contributed by atoms with Crippen LogP contribution in [0.4, 0.5) is 0 Å². The zero-order valence-electron chi connectivity index (χ0n) is 8.79. The molecule has 0 atom stereocenters. The summed E-state index contributed by atoms with van der Waals surface area (Å²) < 4.78 is 1.08. The van der Waals surface area contributed by atoms with Gasteiger partial charge in [0.05, 0.1) is 0 Å². The second-order valence-corrected chi connectivity index (χ2v) is 5.26. The van der Waals surface area contributed by atoms with Crippen LogP contribution in [0.2, 0.25) is 0 Å². The lowest BCUT2D eigenvalue weighted by molar-refractivity contribution is 0.0751. The van der Waals surface area contributed by atoms with E-state index in [-0.39, 0.29) is 5.91 Å². The first-order valence-electron chi connectivity index (χ1n) is 5.34. The Balaban J connectivity index is 2.03. The first-order chi connectivity index (χ1) is 7.20. The molecule has 2 rings (SSSR count). The third kappa shape index (κ3) is 2.74. The van der Waals surface area contributed by atoms with E-state index in [0.29, 0.717) is 5.69 Å². The second kappa shape index (κ2) is 4.55. The van der Waals surface area contributed by atoms with Gasteiger partial charge in [-0.2, -0.15) is 0 Å². The van der Waals surface area contributed by atoms with Gasteiger partial charge in [0.2, 0.25) is 0 Å². The van der Waals surface area contributed by atoms with E-state index in [2.05, 4.69) is 27.6 Å². The monoisotopic (exact) mass is 318 g/mol. The molecular formula is C11H15IN2O. The fourth-order valence-electron chi connectivity index (χ4n) is 1.63. The number of aromatic nitrogens is 1. The van der Waals surface area contributed by atoms with Crippen LogP contribution in [0.1, 0.15) is 30.3 Å². The van der Waals surface area contributed by atoms with Crippen molar-refractivity contribution >= 4 is 28.5 Å². The van der Waals surface area contributed by atoms with E-state index in [1.165, 1.54) is 12.8 Å². The van der Waals surface area contributed by atoms with Crippen molar-refractivity contribution in [2.45, 2.75) is 19.8 Å². The van der Waals surface area contributed by atoms with Crippen LogP contribution in [0.15, 0.2) is 12.3 Å². The molecule has 1 N–H and O–H groups in total. The van der Waals surface area contributed by atoms with Crippen molar-refractivity contribution in [1.82, 2.24) is 9.88 Å². The van der Waals surface area contributed by atoms with Crippen molar-refractivity contribution in [1.29, 1.82) is 0 Å². The number of nitrogens with zero attached hydrogens (tertiary/aromatic N) is 1. The third-order valence-electron chi connectivity index (χ3n) is 2.72. The van der Waals surface area contributed by atoms with E-state index in [1.807, 2.05) is 24.1 Å². The largest absolute Gasteiger partial charge is 0.356 e. The Bertz CT molecular complexity index is 357. The number of halogens is 1. The number of hydrogen-bond acceptors (Lipinski definition) is 1. The average Bonchev–Trinajstić information content (AvgIpc) is 2.95. The molecule has 1 saturated carbocycles. The standard InChI is InChI=1S/C11H15IN2O/c1-2-14(7-8-3-4-8)11(15)10-5-9(12)6-13-10/h5-6,8,13H,2-4,7H2,1H3. The molecule has 0 unspecified atom stereocenters. The van der Waals surface area contributed by atoms with E-state index in [1.54, 1.807) is 0 Å². The van der Waals surface area contributed by atoms with Gasteiger partial charge < -0.3 is 9.88 Å². The van der Waals surface area contributed by atoms with Crippen LogP contribution < -0.4 is 0 Å². The fourth-order valence-corrected chi connectivity index (χ4v) is 2.10. The van der Waals surface area contributed by atoms with Crippen LogP contribution in [-0.4, -0.2) is 28.9 Å². The number of H-pyrrole nitrogens is 1. The minimum atomic E-state index is 0.132. The summed E-state index contributed by atoms with van der Waals surface area (Å²) in [5.74, 6) is 0.884. The Morgan fingerprint density at radius 2 is 2.40 bits per heavy atom. The molecule has 0 bridgehead atoms. The maximum Gasteiger partial charge on any atom is 0.270 e. The normalized spacial score (nSPS) is 15.3. The number of carbonyl (C=O) groups is 1. The van der Waals surface area contributed by atoms with Gasteiger partial charge in [0, 0.05) is 22.9 Å². The van der Waals surface area contributed by atoms with Gasteiger partial charge in [0.15, 0.2) is 0 Å². The van der Waals surface area contributed by atoms with Crippen molar-refractivity contribution in [3.63, 3.8) is 0 Å². The van der Waals surface area contributed by atoms with Gasteiger partial charge >= 0.3 is 0 Å². The van der Waals surface area contributed by atoms with Gasteiger partial charge in [0.1, 0.15) is 5.69 Å². The molecule has 0 aromatic carbocycles. The van der Waals surface area contributed by atoms with E-state index >= 15 is 0 Å². The molecule has 0 aliphatic heterocycles. The van der Waals surface area contributed by atoms with E-state index in [4.69, 9.17) is 0 Å². The summed E-state index contributed by atoms with van der Waals surface area (Å²) in [5.41, 5.74) is 0.710. The highest BCUT2D eigenvalue weighted by Gasteiger charge is 2.26. The van der Waals surface area contributed by atoms with Crippen molar-refractivity contribution < 1.29 is 4.79 Å². The number of hydrogen-bond donors (Lipinski definition) is 1. The highest BCUT2D eigenvalue weighted by molar-refractivity contribution is 14.1. The molecule has 0 saturated heterocycles. The lowest BCUT2D eigenvalue weighted by atomic mass is 10.3. The molecule has 1 heterocycles. The second-order valence-electron chi connectivity index (χ2n) is 4.02. The lowest BCUT2D eigenvalue weighted by Gasteiger charge is -2.19. The molecule has 1 aromatic heterocycles. The summed E-state index contributed by atoms with van der Waals surface area (Å²) in [4.78, 5) is 17.0. The van der Waals surface area contributed by atoms with Gasteiger partial charge in [-0.1, -0.05) is 0 Å². The minimum absolute atomic E-state index is 0.132. The van der Waals surface area contributed by atoms with Crippen molar-refractivity contribution in [3.8, 4) is 0 Å². The summed E-state index contributed by atoms with van der Waals surface area (Å²) in [6.45, 7) is 3.75. The zero-order chi connectivity index (χ0) is 10.8. The Labute approximate surface area is 103 Å². The molecule has 1 aromatic rings. The molecule has 1 aliphatic rings. The van der Waals surface area contributed by atoms with Crippen LogP contribution in [0, 0.1) is 9.49 Å². The minimum Gasteiger partial charge on any atom is -0.356 e. The van der Waals surface area contributed by atoms with Gasteiger partial charge in [0.25, 0.3) is 5.91 Å². The quantitative estimate of drug-likeness (QED) is 0.851. The number of rotatable bonds is 4. The lowest BCUT2D eigenvalue weighted by Crippen LogP contribution is -2.32. The Morgan fingerprint density at radius 3 is 2.87 bits per heavy atom. The fraction of sp³-hybridized carbons (Fsp3) is 0.545. The molecule has 1 amide bonds. The molecule has 0 spiro atoms. The summed E-state index contributed by atoms with van der Waals surface area (Å²) in [5, 5.41) is 0. The van der Waals surface area contributed by atoms with Crippen LogP contribution in [0.25, 0.3) is 0 Å². The summed E-state index contributed by atoms with van der Waals surface area (Å²) in [7, 11) is 0. The van der Waals surface area contributed by atoms with E-state index in [0.717, 1.165) is 22.6 Å². The van der Waals surface area contributed by atoms with Crippen LogP contribution in [0.5, 0.6) is 0 Å². The molecule has 82 valence electrons. The van der Waals surface area contributed by atoms with E-state index < -0.39 is 0 Å². The van der Waals surface area contributed by atoms with E-state index in [9.17, 15) is 4.79 Å². The number of carbonyl (C=O) groups excluding carboxylic acids is 1. The van der Waals surface area contributed by atoms with Crippen molar-refractivity contribution in [3.05, 3.63) is 21.5 Å². The molecule has 0 radical (unpaired) electrons. The smallest absolute Gasteiger partial charge is 0.270 e. The molecule has 3 nitrogen and oxygen atoms in total. The SMILES string of the molecule is CCN(CC1CC1)C(=O)c1cc(I)c[nH]1. The van der Waals surface area contributed by atoms with Gasteiger partial charge in [-0.05, 0) is 54.3 Å². The molecule has 15 heavy (non-hydrogen) atoms. The van der Waals surface area contributed by atoms with Crippen molar-refractivity contribution in [2.75, 3.05) is 13.1 Å². The summed E-state index contributed by atoms with van der Waals surface area (Å²) in [6, 6.07) is 1.90. The molecule has 4 heteroatoms. The van der Waals surface area contributed by atoms with Gasteiger partial charge in [-0.25, -0.2) is 0 Å². The Kier molecular flexibility index (Phi) is 3.33. The first-order valence-corrected chi connectivity index (χ1v) is 6.41. The Hall–Kier alpha value is -0.520. The van der Waals surface area contributed by atoms with Crippen LogP contribution in [0.3, 0.4) is 0 Å². The topological polar surface area (TPSA) is 36.1 Å². The third-order valence-corrected chi connectivity index (χ3v) is 3.35. The summed E-state index contributed by atoms with van der Waals surface area (Å²) in [6.07, 6.45) is 4.43. The van der Waals surface area contributed by atoms with Gasteiger partial charge in [-0.15, -0.1) is 0 Å². The molecular weight excluding hydrogens is 303 g/mol. The van der Waals surface area contributed by atoms with Crippen LogP contribution in [-0.2, 0) is 0 Å². The summed E-state index contributed by atoms with van der Waals surface area (Å²) >= 11 is 2.21. The predicted molar refractivity (Wildman–Crippen MR) is 67.8 cm³/mol. The first kappa shape index (κ1) is 11.0. The molecule has 1 aliphatic carbocycles. The highest BCUT2D eigenvalue weighted by atomic mass is 127. The van der Waals surface area contributed by atoms with Gasteiger partial charge in [-0.3, -0.25) is 4.79 Å². The highest BCUT2D eigenvalue weighted by Crippen LogP contribution is 2.30. The number of amides is 1. The molecule has 1 fully saturated rings. The number of aromatic amines is 1. The maximum atomic E-state index is 12.0. The zero-order valence-corrected chi connectivity index (χ0v) is 11.0. The maximum absolute atomic E-state index is 12.0. The van der Waals surface area contributed by atoms with Crippen LogP contribution >= 0.6 is 22.6 Å². The average molecular weight is 318 g/mol.